The molecule has 1 aliphatic carbocycles. The monoisotopic (exact) mass is 286 g/mol. The van der Waals surface area contributed by atoms with Crippen molar-refractivity contribution >= 4 is 0 Å². The van der Waals surface area contributed by atoms with E-state index in [0.717, 1.165) is 24.1 Å². The van der Waals surface area contributed by atoms with Crippen LogP contribution in [0.15, 0.2) is 42.7 Å². The van der Waals surface area contributed by atoms with Crippen molar-refractivity contribution in [2.75, 3.05) is 6.61 Å². The molecule has 3 nitrogen and oxygen atoms in total. The average molecular weight is 286 g/mol. The van der Waals surface area contributed by atoms with Crippen molar-refractivity contribution < 1.29 is 9.13 Å². The fourth-order valence-electron chi connectivity index (χ4n) is 2.15. The van der Waals surface area contributed by atoms with Gasteiger partial charge in [-0.25, -0.2) is 4.39 Å². The Morgan fingerprint density at radius 1 is 1.24 bits per heavy atom. The SMILES string of the molecule is Fc1cc(CNC2CC2)ccc1OCCc1cccnc1. The van der Waals surface area contributed by atoms with E-state index in [1.165, 1.54) is 12.8 Å². The molecular formula is C17H19FN2O. The van der Waals surface area contributed by atoms with E-state index < -0.39 is 0 Å². The maximum Gasteiger partial charge on any atom is 0.165 e. The van der Waals surface area contributed by atoms with Crippen LogP contribution in [0, 0.1) is 5.82 Å². The Kier molecular flexibility index (Phi) is 4.46. The highest BCUT2D eigenvalue weighted by atomic mass is 19.1. The zero-order valence-electron chi connectivity index (χ0n) is 11.9. The summed E-state index contributed by atoms with van der Waals surface area (Å²) in [4.78, 5) is 4.04. The van der Waals surface area contributed by atoms with Gasteiger partial charge in [-0.2, -0.15) is 0 Å². The van der Waals surface area contributed by atoms with Gasteiger partial charge in [-0.05, 0) is 42.2 Å². The molecule has 0 atom stereocenters. The molecular weight excluding hydrogens is 267 g/mol. The number of hydrogen-bond acceptors (Lipinski definition) is 3. The summed E-state index contributed by atoms with van der Waals surface area (Å²) >= 11 is 0. The molecule has 1 aromatic carbocycles. The Morgan fingerprint density at radius 3 is 2.86 bits per heavy atom. The van der Waals surface area contributed by atoms with Crippen LogP contribution in [-0.2, 0) is 13.0 Å². The summed E-state index contributed by atoms with van der Waals surface area (Å²) in [6.45, 7) is 1.17. The molecule has 1 aromatic heterocycles. The van der Waals surface area contributed by atoms with Gasteiger partial charge >= 0.3 is 0 Å². The fraction of sp³-hybridized carbons (Fsp3) is 0.353. The van der Waals surface area contributed by atoms with Gasteiger partial charge in [-0.15, -0.1) is 0 Å². The highest BCUT2D eigenvalue weighted by molar-refractivity contribution is 5.29. The van der Waals surface area contributed by atoms with Gasteiger partial charge in [0.2, 0.25) is 0 Å². The largest absolute Gasteiger partial charge is 0.490 e. The Balaban J connectivity index is 1.50. The third-order valence-corrected chi connectivity index (χ3v) is 3.54. The molecule has 1 saturated carbocycles. The van der Waals surface area contributed by atoms with Crippen molar-refractivity contribution in [2.24, 2.45) is 0 Å². The number of rotatable bonds is 7. The molecule has 0 amide bonds. The van der Waals surface area contributed by atoms with E-state index in [2.05, 4.69) is 10.3 Å². The van der Waals surface area contributed by atoms with Gasteiger partial charge in [0.25, 0.3) is 0 Å². The van der Waals surface area contributed by atoms with E-state index in [1.54, 1.807) is 24.5 Å². The van der Waals surface area contributed by atoms with E-state index in [-0.39, 0.29) is 5.82 Å². The van der Waals surface area contributed by atoms with Crippen LogP contribution in [0.2, 0.25) is 0 Å². The molecule has 1 aliphatic rings. The molecule has 0 saturated heterocycles. The lowest BCUT2D eigenvalue weighted by atomic mass is 10.2. The summed E-state index contributed by atoms with van der Waals surface area (Å²) < 4.78 is 19.5. The topological polar surface area (TPSA) is 34.1 Å². The Labute approximate surface area is 124 Å². The van der Waals surface area contributed by atoms with Crippen LogP contribution in [0.3, 0.4) is 0 Å². The molecule has 0 spiro atoms. The van der Waals surface area contributed by atoms with Crippen molar-refractivity contribution in [3.63, 3.8) is 0 Å². The lowest BCUT2D eigenvalue weighted by Crippen LogP contribution is -2.15. The number of nitrogens with one attached hydrogen (secondary N) is 1. The minimum atomic E-state index is -0.295. The molecule has 1 N–H and O–H groups in total. The van der Waals surface area contributed by atoms with Crippen LogP contribution in [0.1, 0.15) is 24.0 Å². The van der Waals surface area contributed by atoms with Crippen LogP contribution in [0.4, 0.5) is 4.39 Å². The van der Waals surface area contributed by atoms with E-state index >= 15 is 0 Å². The molecule has 0 aliphatic heterocycles. The van der Waals surface area contributed by atoms with Gasteiger partial charge in [0.15, 0.2) is 11.6 Å². The summed E-state index contributed by atoms with van der Waals surface area (Å²) in [5.74, 6) is 0.0188. The Bertz CT molecular complexity index is 585. The molecule has 1 fully saturated rings. The second-order valence-corrected chi connectivity index (χ2v) is 5.38. The van der Waals surface area contributed by atoms with E-state index in [1.807, 2.05) is 18.2 Å². The van der Waals surface area contributed by atoms with Crippen LogP contribution >= 0.6 is 0 Å². The molecule has 0 unspecified atom stereocenters. The third kappa shape index (κ3) is 4.26. The standard InChI is InChI=1S/C17H19FN2O/c18-16-10-14(12-20-15-4-5-15)3-6-17(16)21-9-7-13-2-1-8-19-11-13/h1-3,6,8,10-11,15,20H,4-5,7,9,12H2. The summed E-state index contributed by atoms with van der Waals surface area (Å²) in [7, 11) is 0. The highest BCUT2D eigenvalue weighted by Crippen LogP contribution is 2.21. The molecule has 110 valence electrons. The quantitative estimate of drug-likeness (QED) is 0.849. The van der Waals surface area contributed by atoms with Gasteiger partial charge in [0, 0.05) is 31.4 Å². The maximum absolute atomic E-state index is 14.0. The van der Waals surface area contributed by atoms with Gasteiger partial charge < -0.3 is 10.1 Å². The lowest BCUT2D eigenvalue weighted by Gasteiger charge is -2.09. The number of pyridine rings is 1. The normalized spacial score (nSPS) is 14.1. The predicted octanol–water partition coefficient (Wildman–Crippen LogP) is 3.09. The molecule has 0 bridgehead atoms. The van der Waals surface area contributed by atoms with Crippen molar-refractivity contribution in [3.05, 3.63) is 59.7 Å². The van der Waals surface area contributed by atoms with Crippen molar-refractivity contribution in [1.29, 1.82) is 0 Å². The summed E-state index contributed by atoms with van der Waals surface area (Å²) in [5.41, 5.74) is 2.04. The van der Waals surface area contributed by atoms with Crippen molar-refractivity contribution in [2.45, 2.75) is 31.8 Å². The first-order valence-corrected chi connectivity index (χ1v) is 7.35. The van der Waals surface area contributed by atoms with Gasteiger partial charge in [-0.3, -0.25) is 4.98 Å². The molecule has 1 heterocycles. The average Bonchev–Trinajstić information content (AvgIpc) is 3.32. The zero-order valence-corrected chi connectivity index (χ0v) is 11.9. The predicted molar refractivity (Wildman–Crippen MR) is 79.7 cm³/mol. The first-order chi connectivity index (χ1) is 10.3. The van der Waals surface area contributed by atoms with E-state index in [9.17, 15) is 4.39 Å². The smallest absolute Gasteiger partial charge is 0.165 e. The second kappa shape index (κ2) is 6.68. The van der Waals surface area contributed by atoms with Crippen LogP contribution < -0.4 is 10.1 Å². The number of hydrogen-bond donors (Lipinski definition) is 1. The Hall–Kier alpha value is -1.94. The summed E-state index contributed by atoms with van der Waals surface area (Å²) in [6.07, 6.45) is 6.72. The summed E-state index contributed by atoms with van der Waals surface area (Å²) in [6, 6.07) is 9.68. The van der Waals surface area contributed by atoms with Crippen molar-refractivity contribution in [3.8, 4) is 5.75 Å². The van der Waals surface area contributed by atoms with Crippen molar-refractivity contribution in [1.82, 2.24) is 10.3 Å². The highest BCUT2D eigenvalue weighted by Gasteiger charge is 2.20. The first-order valence-electron chi connectivity index (χ1n) is 7.35. The zero-order chi connectivity index (χ0) is 14.5. The lowest BCUT2D eigenvalue weighted by molar-refractivity contribution is 0.305. The van der Waals surface area contributed by atoms with Crippen LogP contribution in [0.25, 0.3) is 0 Å². The fourth-order valence-corrected chi connectivity index (χ4v) is 2.15. The number of aromatic nitrogens is 1. The molecule has 3 rings (SSSR count). The maximum atomic E-state index is 14.0. The molecule has 0 radical (unpaired) electrons. The van der Waals surface area contributed by atoms with Gasteiger partial charge in [0.1, 0.15) is 0 Å². The minimum absolute atomic E-state index is 0.295. The Morgan fingerprint density at radius 2 is 2.14 bits per heavy atom. The van der Waals surface area contributed by atoms with E-state index in [4.69, 9.17) is 4.74 Å². The first kappa shape index (κ1) is 14.0. The molecule has 21 heavy (non-hydrogen) atoms. The number of benzene rings is 1. The molecule has 2 aromatic rings. The third-order valence-electron chi connectivity index (χ3n) is 3.54. The van der Waals surface area contributed by atoms with Gasteiger partial charge in [-0.1, -0.05) is 12.1 Å². The number of ether oxygens (including phenoxy) is 1. The van der Waals surface area contributed by atoms with E-state index in [0.29, 0.717) is 18.4 Å². The van der Waals surface area contributed by atoms with Crippen LogP contribution in [0.5, 0.6) is 5.75 Å². The summed E-state index contributed by atoms with van der Waals surface area (Å²) in [5, 5.41) is 3.37. The molecule has 4 heteroatoms. The number of halogens is 1. The number of nitrogens with zero attached hydrogens (tertiary/aromatic N) is 1. The second-order valence-electron chi connectivity index (χ2n) is 5.38. The minimum Gasteiger partial charge on any atom is -0.490 e. The van der Waals surface area contributed by atoms with Gasteiger partial charge in [0.05, 0.1) is 6.61 Å². The van der Waals surface area contributed by atoms with Crippen LogP contribution in [-0.4, -0.2) is 17.6 Å².